The molecular weight excluding hydrogens is 518 g/mol. The number of carbonyl (C=O) groups excluding carboxylic acids is 2. The fourth-order valence-corrected chi connectivity index (χ4v) is 6.51. The van der Waals surface area contributed by atoms with Gasteiger partial charge in [0.15, 0.2) is 0 Å². The van der Waals surface area contributed by atoms with Crippen molar-refractivity contribution in [3.05, 3.63) is 66.1 Å². The van der Waals surface area contributed by atoms with Crippen molar-refractivity contribution in [2.24, 2.45) is 10.4 Å². The number of hydrogen-bond acceptors (Lipinski definition) is 8. The number of hydrogen-bond donors (Lipinski definition) is 2. The molecule has 0 bridgehead atoms. The number of aliphatic imine (C=N–C) groups is 1. The standard InChI is InChI=1S/C28H31N5O5S/c1-3-20(23(34)27-32-31-26(38-27)18-11-5-4-6-12-18)30-25(35)21(17-28(2)15-9-10-16-28)29-24-19-13-7-8-14-22(19)39(36,37)33-24/h4-8,11-14,20-21H,3,9-10,15-17H2,1-2H3,(H,29,33)(H,30,35)/t20-,21-/m0/s1. The number of nitrogens with one attached hydrogen (secondary N) is 2. The zero-order valence-corrected chi connectivity index (χ0v) is 22.7. The summed E-state index contributed by atoms with van der Waals surface area (Å²) in [6.07, 6.45) is 4.75. The van der Waals surface area contributed by atoms with Gasteiger partial charge in [-0.15, -0.1) is 10.2 Å². The van der Waals surface area contributed by atoms with Crippen LogP contribution < -0.4 is 10.0 Å². The molecule has 0 unspecified atom stereocenters. The topological polar surface area (TPSA) is 144 Å². The second-order valence-corrected chi connectivity index (χ2v) is 12.1. The second kappa shape index (κ2) is 10.7. The zero-order valence-electron chi connectivity index (χ0n) is 21.9. The van der Waals surface area contributed by atoms with Crippen molar-refractivity contribution in [1.29, 1.82) is 0 Å². The zero-order chi connectivity index (χ0) is 27.6. The van der Waals surface area contributed by atoms with Gasteiger partial charge in [0.25, 0.3) is 15.9 Å². The first-order chi connectivity index (χ1) is 18.7. The molecule has 10 nitrogen and oxygen atoms in total. The molecule has 1 saturated carbocycles. The highest BCUT2D eigenvalue weighted by Crippen LogP contribution is 2.42. The summed E-state index contributed by atoms with van der Waals surface area (Å²) in [5, 5.41) is 10.7. The quantitative estimate of drug-likeness (QED) is 0.385. The molecule has 1 aromatic heterocycles. The van der Waals surface area contributed by atoms with Crippen molar-refractivity contribution >= 4 is 27.5 Å². The highest BCUT2D eigenvalue weighted by atomic mass is 32.2. The summed E-state index contributed by atoms with van der Waals surface area (Å²) in [4.78, 5) is 31.7. The molecule has 0 radical (unpaired) electrons. The highest BCUT2D eigenvalue weighted by molar-refractivity contribution is 7.90. The summed E-state index contributed by atoms with van der Waals surface area (Å²) in [6.45, 7) is 3.90. The van der Waals surface area contributed by atoms with Crippen LogP contribution in [0.15, 0.2) is 68.9 Å². The van der Waals surface area contributed by atoms with Crippen LogP contribution in [0, 0.1) is 5.41 Å². The number of fused-ring (bicyclic) bond motifs is 1. The number of Topliss-reactive ketones (excluding diaryl/α,β-unsaturated/α-hetero) is 1. The van der Waals surface area contributed by atoms with E-state index < -0.39 is 33.8 Å². The fraction of sp³-hybridized carbons (Fsp3) is 0.393. The number of ketones is 1. The summed E-state index contributed by atoms with van der Waals surface area (Å²) in [6, 6.07) is 13.8. The number of aromatic nitrogens is 2. The largest absolute Gasteiger partial charge is 0.414 e. The van der Waals surface area contributed by atoms with Gasteiger partial charge in [-0.25, -0.2) is 8.42 Å². The third-order valence-corrected chi connectivity index (χ3v) is 8.84. The van der Waals surface area contributed by atoms with Crippen LogP contribution in [-0.4, -0.2) is 48.2 Å². The Bertz CT molecular complexity index is 1510. The van der Waals surface area contributed by atoms with Crippen molar-refractivity contribution in [3.8, 4) is 11.5 Å². The SMILES string of the molecule is CC[C@H](NC(=O)[C@H](CC1(C)CCCC1)N=C1NS(=O)(=O)c2ccccc21)C(=O)c1nnc(-c2ccccc2)o1. The molecule has 2 aliphatic rings. The maximum Gasteiger partial charge on any atom is 0.286 e. The molecular formula is C28H31N5O5S. The molecule has 3 aromatic rings. The fourth-order valence-electron chi connectivity index (χ4n) is 5.27. The van der Waals surface area contributed by atoms with E-state index in [9.17, 15) is 18.0 Å². The number of carbonyl (C=O) groups is 2. The average Bonchev–Trinajstić information content (AvgIpc) is 3.66. The minimum Gasteiger partial charge on any atom is -0.414 e. The van der Waals surface area contributed by atoms with Crippen LogP contribution in [-0.2, 0) is 14.8 Å². The van der Waals surface area contributed by atoms with Gasteiger partial charge in [-0.1, -0.05) is 57.0 Å². The predicted octanol–water partition coefficient (Wildman–Crippen LogP) is 3.89. The molecule has 204 valence electrons. The normalized spacial score (nSPS) is 19.7. The number of rotatable bonds is 9. The molecule has 2 N–H and O–H groups in total. The van der Waals surface area contributed by atoms with Gasteiger partial charge in [0.2, 0.25) is 17.6 Å². The Kier molecular flexibility index (Phi) is 7.35. The Hall–Kier alpha value is -3.86. The number of benzene rings is 2. The third-order valence-electron chi connectivity index (χ3n) is 7.44. The minimum atomic E-state index is -3.76. The first kappa shape index (κ1) is 26.7. The highest BCUT2D eigenvalue weighted by Gasteiger charge is 2.38. The van der Waals surface area contributed by atoms with Gasteiger partial charge >= 0.3 is 0 Å². The summed E-state index contributed by atoms with van der Waals surface area (Å²) in [5.74, 6) is -0.792. The first-order valence-corrected chi connectivity index (χ1v) is 14.6. The second-order valence-electron chi connectivity index (χ2n) is 10.4. The maximum atomic E-state index is 13.7. The molecule has 5 rings (SSSR count). The molecule has 39 heavy (non-hydrogen) atoms. The number of amides is 1. The van der Waals surface area contributed by atoms with Crippen molar-refractivity contribution in [1.82, 2.24) is 20.2 Å². The molecule has 1 aliphatic heterocycles. The number of sulfonamides is 1. The van der Waals surface area contributed by atoms with Gasteiger partial charge in [-0.3, -0.25) is 19.3 Å². The van der Waals surface area contributed by atoms with Gasteiger partial charge in [-0.2, -0.15) is 0 Å². The molecule has 1 fully saturated rings. The van der Waals surface area contributed by atoms with Crippen LogP contribution in [0.3, 0.4) is 0 Å². The lowest BCUT2D eigenvalue weighted by molar-refractivity contribution is -0.123. The number of nitrogens with zero attached hydrogens (tertiary/aromatic N) is 3. The first-order valence-electron chi connectivity index (χ1n) is 13.1. The van der Waals surface area contributed by atoms with E-state index in [1.807, 2.05) is 18.2 Å². The van der Waals surface area contributed by atoms with Crippen LogP contribution in [0.25, 0.3) is 11.5 Å². The van der Waals surface area contributed by atoms with Crippen LogP contribution in [0.4, 0.5) is 0 Å². The van der Waals surface area contributed by atoms with Crippen LogP contribution in [0.1, 0.15) is 68.6 Å². The third kappa shape index (κ3) is 5.63. The van der Waals surface area contributed by atoms with E-state index in [-0.39, 0.29) is 27.9 Å². The van der Waals surface area contributed by atoms with E-state index in [1.165, 1.54) is 6.07 Å². The molecule has 0 spiro atoms. The molecule has 0 saturated heterocycles. The van der Waals surface area contributed by atoms with Crippen LogP contribution in [0.5, 0.6) is 0 Å². The van der Waals surface area contributed by atoms with E-state index in [2.05, 4.69) is 32.2 Å². The molecule has 11 heteroatoms. The lowest BCUT2D eigenvalue weighted by atomic mass is 9.82. The molecule has 2 atom stereocenters. The van der Waals surface area contributed by atoms with Crippen molar-refractivity contribution < 1.29 is 22.4 Å². The lowest BCUT2D eigenvalue weighted by Crippen LogP contribution is -2.46. The van der Waals surface area contributed by atoms with Gasteiger partial charge in [0.05, 0.1) is 10.9 Å². The molecule has 1 aliphatic carbocycles. The van der Waals surface area contributed by atoms with Gasteiger partial charge in [0, 0.05) is 11.1 Å². The Morgan fingerprint density at radius 3 is 2.49 bits per heavy atom. The number of amidine groups is 1. The van der Waals surface area contributed by atoms with Gasteiger partial charge in [-0.05, 0) is 55.4 Å². The average molecular weight is 550 g/mol. The monoisotopic (exact) mass is 549 g/mol. The molecule has 1 amide bonds. The maximum absolute atomic E-state index is 13.7. The van der Waals surface area contributed by atoms with Crippen LogP contribution in [0.2, 0.25) is 0 Å². The Morgan fingerprint density at radius 2 is 1.77 bits per heavy atom. The van der Waals surface area contributed by atoms with E-state index in [0.717, 1.165) is 25.7 Å². The predicted molar refractivity (Wildman–Crippen MR) is 145 cm³/mol. The Labute approximate surface area is 227 Å². The van der Waals surface area contributed by atoms with Crippen molar-refractivity contribution in [2.75, 3.05) is 0 Å². The van der Waals surface area contributed by atoms with E-state index in [4.69, 9.17) is 4.42 Å². The Balaban J connectivity index is 1.40. The van der Waals surface area contributed by atoms with Gasteiger partial charge in [0.1, 0.15) is 11.9 Å². The van der Waals surface area contributed by atoms with Crippen molar-refractivity contribution in [2.45, 2.75) is 69.4 Å². The van der Waals surface area contributed by atoms with Crippen LogP contribution >= 0.6 is 0 Å². The smallest absolute Gasteiger partial charge is 0.286 e. The lowest BCUT2D eigenvalue weighted by Gasteiger charge is -2.28. The molecule has 2 aromatic carbocycles. The summed E-state index contributed by atoms with van der Waals surface area (Å²) < 4.78 is 33.4. The Morgan fingerprint density at radius 1 is 1.08 bits per heavy atom. The van der Waals surface area contributed by atoms with Gasteiger partial charge < -0.3 is 9.73 Å². The molecule has 2 heterocycles. The van der Waals surface area contributed by atoms with Crippen molar-refractivity contribution in [3.63, 3.8) is 0 Å². The summed E-state index contributed by atoms with van der Waals surface area (Å²) >= 11 is 0. The summed E-state index contributed by atoms with van der Waals surface area (Å²) in [5.41, 5.74) is 0.988. The minimum absolute atomic E-state index is 0.119. The van der Waals surface area contributed by atoms with E-state index >= 15 is 0 Å². The van der Waals surface area contributed by atoms with E-state index in [1.54, 1.807) is 37.3 Å². The van der Waals surface area contributed by atoms with E-state index in [0.29, 0.717) is 24.0 Å². The summed E-state index contributed by atoms with van der Waals surface area (Å²) in [7, 11) is -3.76.